The lowest BCUT2D eigenvalue weighted by Crippen LogP contribution is -2.32. The Hall–Kier alpha value is -0.770. The summed E-state index contributed by atoms with van der Waals surface area (Å²) in [4.78, 5) is 4.30. The Morgan fingerprint density at radius 1 is 1.64 bits per heavy atom. The average molecular weight is 199 g/mol. The number of guanidine groups is 1. The molecule has 1 saturated heterocycles. The fourth-order valence-electron chi connectivity index (χ4n) is 1.72. The highest BCUT2D eigenvalue weighted by atomic mass is 16.5. The fraction of sp³-hybridized carbons (Fsp3) is 0.900. The predicted octanol–water partition coefficient (Wildman–Crippen LogP) is 0.726. The quantitative estimate of drug-likeness (QED) is 0.520. The Balaban J connectivity index is 2.26. The zero-order valence-corrected chi connectivity index (χ0v) is 9.12. The van der Waals surface area contributed by atoms with Crippen LogP contribution < -0.4 is 11.1 Å². The summed E-state index contributed by atoms with van der Waals surface area (Å²) in [5, 5.41) is 2.99. The van der Waals surface area contributed by atoms with E-state index >= 15 is 0 Å². The smallest absolute Gasteiger partial charge is 0.188 e. The minimum Gasteiger partial charge on any atom is -0.378 e. The molecular weight excluding hydrogens is 178 g/mol. The maximum absolute atomic E-state index is 5.64. The van der Waals surface area contributed by atoms with Gasteiger partial charge in [-0.2, -0.15) is 0 Å². The van der Waals surface area contributed by atoms with Crippen molar-refractivity contribution in [2.45, 2.75) is 32.8 Å². The number of hydrogen-bond acceptors (Lipinski definition) is 2. The lowest BCUT2D eigenvalue weighted by Gasteiger charge is -2.26. The van der Waals surface area contributed by atoms with Crippen LogP contribution in [0.3, 0.4) is 0 Å². The van der Waals surface area contributed by atoms with Crippen LogP contribution in [-0.2, 0) is 4.74 Å². The molecule has 4 heteroatoms. The molecular formula is C10H21N3O. The molecule has 0 amide bonds. The molecule has 0 radical (unpaired) electrons. The highest BCUT2D eigenvalue weighted by Gasteiger charge is 2.18. The molecule has 0 aromatic heterocycles. The predicted molar refractivity (Wildman–Crippen MR) is 58.3 cm³/mol. The molecule has 82 valence electrons. The van der Waals surface area contributed by atoms with Crippen molar-refractivity contribution in [3.05, 3.63) is 0 Å². The number of nitrogens with zero attached hydrogens (tertiary/aromatic N) is 1. The maximum atomic E-state index is 5.64. The van der Waals surface area contributed by atoms with Crippen LogP contribution in [0.5, 0.6) is 0 Å². The van der Waals surface area contributed by atoms with Crippen molar-refractivity contribution in [1.82, 2.24) is 5.32 Å². The minimum absolute atomic E-state index is 0.379. The molecule has 1 aliphatic rings. The molecule has 1 rings (SSSR count). The molecule has 14 heavy (non-hydrogen) atoms. The van der Waals surface area contributed by atoms with Gasteiger partial charge in [0.05, 0.1) is 6.10 Å². The first-order valence-corrected chi connectivity index (χ1v) is 5.37. The molecule has 1 aliphatic heterocycles. The molecule has 0 aromatic carbocycles. The van der Waals surface area contributed by atoms with Crippen LogP contribution in [-0.4, -0.2) is 31.8 Å². The van der Waals surface area contributed by atoms with Gasteiger partial charge in [-0.05, 0) is 32.6 Å². The van der Waals surface area contributed by atoms with Crippen molar-refractivity contribution in [2.24, 2.45) is 16.6 Å². The Bertz CT molecular complexity index is 194. The minimum atomic E-state index is 0.379. The van der Waals surface area contributed by atoms with E-state index in [0.29, 0.717) is 18.0 Å². The Kier molecular flexibility index (Phi) is 4.73. The van der Waals surface area contributed by atoms with Gasteiger partial charge in [0.2, 0.25) is 0 Å². The summed E-state index contributed by atoms with van der Waals surface area (Å²) in [6.45, 7) is 6.65. The topological polar surface area (TPSA) is 59.6 Å². The molecule has 0 aromatic rings. The van der Waals surface area contributed by atoms with Crippen molar-refractivity contribution in [3.63, 3.8) is 0 Å². The molecule has 0 bridgehead atoms. The van der Waals surface area contributed by atoms with Crippen molar-refractivity contribution in [3.8, 4) is 0 Å². The number of ether oxygens (including phenoxy) is 1. The number of aliphatic imine (C=N–C) groups is 1. The van der Waals surface area contributed by atoms with Crippen LogP contribution in [0.1, 0.15) is 26.7 Å². The molecule has 4 nitrogen and oxygen atoms in total. The summed E-state index contributed by atoms with van der Waals surface area (Å²) in [6.07, 6.45) is 2.58. The molecule has 1 heterocycles. The number of hydrogen-bond donors (Lipinski definition) is 2. The van der Waals surface area contributed by atoms with E-state index in [0.717, 1.165) is 32.5 Å². The summed E-state index contributed by atoms with van der Waals surface area (Å²) >= 11 is 0. The van der Waals surface area contributed by atoms with Crippen LogP contribution >= 0.6 is 0 Å². The largest absolute Gasteiger partial charge is 0.378 e. The summed E-state index contributed by atoms with van der Waals surface area (Å²) in [7, 11) is 0. The van der Waals surface area contributed by atoms with Crippen molar-refractivity contribution < 1.29 is 4.74 Å². The SMILES string of the molecule is CCNC(N)=NCC1CCOC(C)C1. The van der Waals surface area contributed by atoms with Crippen LogP contribution in [0.25, 0.3) is 0 Å². The van der Waals surface area contributed by atoms with Crippen LogP contribution in [0.2, 0.25) is 0 Å². The highest BCUT2D eigenvalue weighted by molar-refractivity contribution is 5.77. The molecule has 0 aliphatic carbocycles. The van der Waals surface area contributed by atoms with E-state index in [1.54, 1.807) is 0 Å². The first-order valence-electron chi connectivity index (χ1n) is 5.37. The monoisotopic (exact) mass is 199 g/mol. The van der Waals surface area contributed by atoms with Gasteiger partial charge in [0.15, 0.2) is 5.96 Å². The van der Waals surface area contributed by atoms with Crippen molar-refractivity contribution in [2.75, 3.05) is 19.7 Å². The molecule has 2 atom stereocenters. The first kappa shape index (κ1) is 11.3. The van der Waals surface area contributed by atoms with Gasteiger partial charge in [-0.25, -0.2) is 0 Å². The first-order chi connectivity index (χ1) is 6.72. The van der Waals surface area contributed by atoms with Gasteiger partial charge in [-0.1, -0.05) is 0 Å². The summed E-state index contributed by atoms with van der Waals surface area (Å²) in [5.41, 5.74) is 5.64. The van der Waals surface area contributed by atoms with Gasteiger partial charge in [0, 0.05) is 19.7 Å². The van der Waals surface area contributed by atoms with Gasteiger partial charge in [-0.3, -0.25) is 4.99 Å². The third-order valence-corrected chi connectivity index (χ3v) is 2.47. The summed E-state index contributed by atoms with van der Waals surface area (Å²) in [6, 6.07) is 0. The van der Waals surface area contributed by atoms with E-state index in [1.165, 1.54) is 0 Å². The third kappa shape index (κ3) is 3.96. The third-order valence-electron chi connectivity index (χ3n) is 2.47. The molecule has 2 unspecified atom stereocenters. The molecule has 0 saturated carbocycles. The standard InChI is InChI=1S/C10H21N3O/c1-3-12-10(11)13-7-9-4-5-14-8(2)6-9/h8-9H,3-7H2,1-2H3,(H3,11,12,13). The molecule has 3 N–H and O–H groups in total. The van der Waals surface area contributed by atoms with Crippen molar-refractivity contribution in [1.29, 1.82) is 0 Å². The number of rotatable bonds is 3. The second kappa shape index (κ2) is 5.86. The lowest BCUT2D eigenvalue weighted by molar-refractivity contribution is 0.00481. The average Bonchev–Trinajstić information content (AvgIpc) is 2.15. The van der Waals surface area contributed by atoms with E-state index in [1.807, 2.05) is 6.92 Å². The Morgan fingerprint density at radius 3 is 3.07 bits per heavy atom. The van der Waals surface area contributed by atoms with Gasteiger partial charge in [0.1, 0.15) is 0 Å². The van der Waals surface area contributed by atoms with E-state index in [9.17, 15) is 0 Å². The summed E-state index contributed by atoms with van der Waals surface area (Å²) in [5.74, 6) is 1.20. The number of nitrogens with one attached hydrogen (secondary N) is 1. The second-order valence-electron chi connectivity index (χ2n) is 3.83. The van der Waals surface area contributed by atoms with Crippen LogP contribution in [0, 0.1) is 5.92 Å². The lowest BCUT2D eigenvalue weighted by atomic mass is 9.96. The zero-order valence-electron chi connectivity index (χ0n) is 9.12. The second-order valence-corrected chi connectivity index (χ2v) is 3.83. The van der Waals surface area contributed by atoms with Gasteiger partial charge in [0.25, 0.3) is 0 Å². The van der Waals surface area contributed by atoms with Crippen LogP contribution in [0.4, 0.5) is 0 Å². The molecule has 0 spiro atoms. The van der Waals surface area contributed by atoms with E-state index in [2.05, 4.69) is 17.2 Å². The van der Waals surface area contributed by atoms with Crippen molar-refractivity contribution >= 4 is 5.96 Å². The number of nitrogens with two attached hydrogens (primary N) is 1. The fourth-order valence-corrected chi connectivity index (χ4v) is 1.72. The molecule has 1 fully saturated rings. The van der Waals surface area contributed by atoms with Crippen LogP contribution in [0.15, 0.2) is 4.99 Å². The van der Waals surface area contributed by atoms with Gasteiger partial charge < -0.3 is 15.8 Å². The van der Waals surface area contributed by atoms with E-state index in [-0.39, 0.29) is 0 Å². The van der Waals surface area contributed by atoms with E-state index < -0.39 is 0 Å². The van der Waals surface area contributed by atoms with Gasteiger partial charge >= 0.3 is 0 Å². The normalized spacial score (nSPS) is 28.9. The zero-order chi connectivity index (χ0) is 10.4. The van der Waals surface area contributed by atoms with Gasteiger partial charge in [-0.15, -0.1) is 0 Å². The van der Waals surface area contributed by atoms with E-state index in [4.69, 9.17) is 10.5 Å². The Morgan fingerprint density at radius 2 is 2.43 bits per heavy atom. The highest BCUT2D eigenvalue weighted by Crippen LogP contribution is 2.19. The maximum Gasteiger partial charge on any atom is 0.188 e. The summed E-state index contributed by atoms with van der Waals surface area (Å²) < 4.78 is 5.47. The Labute approximate surface area is 85.9 Å².